The highest BCUT2D eigenvalue weighted by Gasteiger charge is 2.27. The van der Waals surface area contributed by atoms with Crippen LogP contribution in [0.1, 0.15) is 25.8 Å². The summed E-state index contributed by atoms with van der Waals surface area (Å²) in [6, 6.07) is 11.0. The number of hydrogen-bond acceptors (Lipinski definition) is 6. The third kappa shape index (κ3) is 6.26. The average Bonchev–Trinajstić information content (AvgIpc) is 2.65. The minimum Gasteiger partial charge on any atom is -0.292 e. The van der Waals surface area contributed by atoms with Gasteiger partial charge < -0.3 is 0 Å². The molecular weight excluding hydrogens is 396 g/mol. The van der Waals surface area contributed by atoms with E-state index in [4.69, 9.17) is 0 Å². The topological polar surface area (TPSA) is 130 Å². The summed E-state index contributed by atoms with van der Waals surface area (Å²) in [4.78, 5) is 23.2. The zero-order valence-corrected chi connectivity index (χ0v) is 17.2. The van der Waals surface area contributed by atoms with E-state index in [0.717, 1.165) is 5.56 Å². The number of sulfonamides is 1. The van der Waals surface area contributed by atoms with Crippen LogP contribution in [0.3, 0.4) is 0 Å². The number of nitrogens with zero attached hydrogens (tertiary/aromatic N) is 1. The molecule has 1 unspecified atom stereocenters. The highest BCUT2D eigenvalue weighted by molar-refractivity contribution is 7.89. The van der Waals surface area contributed by atoms with Gasteiger partial charge in [0.1, 0.15) is 11.7 Å². The zero-order chi connectivity index (χ0) is 21.6. The molecule has 2 aromatic carbocycles. The van der Waals surface area contributed by atoms with Crippen molar-refractivity contribution in [2.75, 3.05) is 5.43 Å². The second kappa shape index (κ2) is 9.48. The summed E-state index contributed by atoms with van der Waals surface area (Å²) in [5.74, 6) is -0.620. The van der Waals surface area contributed by atoms with Gasteiger partial charge in [-0.25, -0.2) is 8.42 Å². The second-order valence-electron chi connectivity index (χ2n) is 7.00. The fraction of sp³-hybridized carbons (Fsp3) is 0.316. The van der Waals surface area contributed by atoms with E-state index < -0.39 is 26.9 Å². The van der Waals surface area contributed by atoms with Crippen molar-refractivity contribution >= 4 is 27.3 Å². The number of rotatable bonds is 9. The van der Waals surface area contributed by atoms with Crippen molar-refractivity contribution in [3.05, 3.63) is 64.2 Å². The Hall–Kier alpha value is -2.98. The normalized spacial score (nSPS) is 12.4. The van der Waals surface area contributed by atoms with Crippen LogP contribution in [-0.2, 0) is 14.8 Å². The van der Waals surface area contributed by atoms with Gasteiger partial charge in [0, 0.05) is 6.07 Å². The highest BCUT2D eigenvalue weighted by Crippen LogP contribution is 2.22. The maximum absolute atomic E-state index is 12.7. The smallest absolute Gasteiger partial charge is 0.292 e. The molecule has 0 bridgehead atoms. The van der Waals surface area contributed by atoms with E-state index in [-0.39, 0.29) is 28.6 Å². The SMILES string of the molecule is Cc1ccc(S(=O)(=O)NC(CC(C)C)C(=O)NNc2ccccc2[N+](=O)[O-])cc1. The lowest BCUT2D eigenvalue weighted by Gasteiger charge is -2.20. The first-order chi connectivity index (χ1) is 13.6. The minimum atomic E-state index is -3.92. The van der Waals surface area contributed by atoms with Gasteiger partial charge in [-0.3, -0.25) is 25.8 Å². The number of anilines is 1. The van der Waals surface area contributed by atoms with E-state index in [1.54, 1.807) is 18.2 Å². The van der Waals surface area contributed by atoms with Gasteiger partial charge in [-0.05, 0) is 37.5 Å². The van der Waals surface area contributed by atoms with Crippen LogP contribution in [0, 0.1) is 23.0 Å². The first kappa shape index (κ1) is 22.3. The molecule has 1 atom stereocenters. The Balaban J connectivity index is 2.16. The molecular formula is C19H24N4O5S. The van der Waals surface area contributed by atoms with E-state index in [1.807, 2.05) is 20.8 Å². The van der Waals surface area contributed by atoms with E-state index >= 15 is 0 Å². The first-order valence-corrected chi connectivity index (χ1v) is 10.5. The van der Waals surface area contributed by atoms with Crippen molar-refractivity contribution in [2.24, 2.45) is 5.92 Å². The van der Waals surface area contributed by atoms with Crippen LogP contribution in [0.25, 0.3) is 0 Å². The molecule has 0 aliphatic carbocycles. The van der Waals surface area contributed by atoms with Crippen LogP contribution >= 0.6 is 0 Å². The molecule has 0 fully saturated rings. The molecule has 2 aromatic rings. The van der Waals surface area contributed by atoms with Crippen LogP contribution in [0.4, 0.5) is 11.4 Å². The molecule has 29 heavy (non-hydrogen) atoms. The number of benzene rings is 2. The Morgan fingerprint density at radius 2 is 1.72 bits per heavy atom. The van der Waals surface area contributed by atoms with E-state index in [2.05, 4.69) is 15.6 Å². The number of hydrazine groups is 1. The van der Waals surface area contributed by atoms with Gasteiger partial charge >= 0.3 is 0 Å². The molecule has 0 aromatic heterocycles. The predicted molar refractivity (Wildman–Crippen MR) is 110 cm³/mol. The molecule has 0 aliphatic heterocycles. The Morgan fingerprint density at radius 1 is 1.10 bits per heavy atom. The number of aryl methyl sites for hydroxylation is 1. The molecule has 9 nitrogen and oxygen atoms in total. The number of nitro groups is 1. The predicted octanol–water partition coefficient (Wildman–Crippen LogP) is 2.74. The molecule has 3 N–H and O–H groups in total. The number of nitrogens with one attached hydrogen (secondary N) is 3. The molecule has 10 heteroatoms. The maximum Gasteiger partial charge on any atom is 0.294 e. The summed E-state index contributed by atoms with van der Waals surface area (Å²) < 4.78 is 27.7. The fourth-order valence-electron chi connectivity index (χ4n) is 2.61. The summed E-state index contributed by atoms with van der Waals surface area (Å²) >= 11 is 0. The lowest BCUT2D eigenvalue weighted by molar-refractivity contribution is -0.384. The molecule has 0 heterocycles. The largest absolute Gasteiger partial charge is 0.294 e. The number of hydrogen-bond donors (Lipinski definition) is 3. The maximum atomic E-state index is 12.7. The van der Waals surface area contributed by atoms with Gasteiger partial charge in [-0.15, -0.1) is 0 Å². The molecule has 0 radical (unpaired) electrons. The van der Waals surface area contributed by atoms with Crippen LogP contribution in [-0.4, -0.2) is 25.3 Å². The molecule has 0 saturated heterocycles. The summed E-state index contributed by atoms with van der Waals surface area (Å²) in [6.45, 7) is 5.55. The monoisotopic (exact) mass is 420 g/mol. The molecule has 0 aliphatic rings. The van der Waals surface area contributed by atoms with Gasteiger partial charge in [-0.1, -0.05) is 43.7 Å². The molecule has 1 amide bonds. The molecule has 2 rings (SSSR count). The van der Waals surface area contributed by atoms with Crippen molar-refractivity contribution in [1.82, 2.24) is 10.1 Å². The van der Waals surface area contributed by atoms with Gasteiger partial charge in [0.05, 0.1) is 9.82 Å². The van der Waals surface area contributed by atoms with Gasteiger partial charge in [0.15, 0.2) is 0 Å². The summed E-state index contributed by atoms with van der Waals surface area (Å²) in [7, 11) is -3.92. The zero-order valence-electron chi connectivity index (χ0n) is 16.4. The number of carbonyl (C=O) groups is 1. The van der Waals surface area contributed by atoms with E-state index in [9.17, 15) is 23.3 Å². The Bertz CT molecular complexity index is 974. The van der Waals surface area contributed by atoms with Crippen LogP contribution in [0.5, 0.6) is 0 Å². The number of amides is 1. The van der Waals surface area contributed by atoms with Crippen molar-refractivity contribution in [2.45, 2.75) is 38.1 Å². The van der Waals surface area contributed by atoms with Gasteiger partial charge in [0.25, 0.3) is 11.6 Å². The third-order valence-electron chi connectivity index (χ3n) is 4.07. The summed E-state index contributed by atoms with van der Waals surface area (Å²) in [6.07, 6.45) is 0.246. The van der Waals surface area contributed by atoms with Crippen molar-refractivity contribution < 1.29 is 18.1 Å². The van der Waals surface area contributed by atoms with Crippen molar-refractivity contribution in [3.8, 4) is 0 Å². The number of nitro benzene ring substituents is 1. The molecule has 156 valence electrons. The summed E-state index contributed by atoms with van der Waals surface area (Å²) in [5.41, 5.74) is 5.66. The van der Waals surface area contributed by atoms with Crippen LogP contribution < -0.4 is 15.6 Å². The highest BCUT2D eigenvalue weighted by atomic mass is 32.2. The van der Waals surface area contributed by atoms with Gasteiger partial charge in [0.2, 0.25) is 10.0 Å². The number of para-hydroxylation sites is 2. The Labute approximate surface area is 169 Å². The lowest BCUT2D eigenvalue weighted by Crippen LogP contribution is -2.48. The quantitative estimate of drug-likeness (QED) is 0.422. The second-order valence-corrected chi connectivity index (χ2v) is 8.72. The molecule has 0 saturated carbocycles. The molecule has 0 spiro atoms. The fourth-order valence-corrected chi connectivity index (χ4v) is 3.82. The van der Waals surface area contributed by atoms with E-state index in [0.29, 0.717) is 0 Å². The lowest BCUT2D eigenvalue weighted by atomic mass is 10.0. The van der Waals surface area contributed by atoms with Crippen LogP contribution in [0.2, 0.25) is 0 Å². The Morgan fingerprint density at radius 3 is 2.31 bits per heavy atom. The van der Waals surface area contributed by atoms with Crippen molar-refractivity contribution in [1.29, 1.82) is 0 Å². The standard InChI is InChI=1S/C19H24N4O5S/c1-13(2)12-17(22-29(27,28)15-10-8-14(3)9-11-15)19(24)21-20-16-6-4-5-7-18(16)23(25)26/h4-11,13,17,20,22H,12H2,1-3H3,(H,21,24). The van der Waals surface area contributed by atoms with E-state index in [1.165, 1.54) is 30.3 Å². The summed E-state index contributed by atoms with van der Waals surface area (Å²) in [5, 5.41) is 11.1. The number of carbonyl (C=O) groups excluding carboxylic acids is 1. The minimum absolute atomic E-state index is 0.0255. The Kier molecular flexibility index (Phi) is 7.29. The van der Waals surface area contributed by atoms with Crippen molar-refractivity contribution in [3.63, 3.8) is 0 Å². The first-order valence-electron chi connectivity index (χ1n) is 8.98. The third-order valence-corrected chi connectivity index (χ3v) is 5.56. The van der Waals surface area contributed by atoms with Gasteiger partial charge in [-0.2, -0.15) is 4.72 Å². The van der Waals surface area contributed by atoms with Crippen LogP contribution in [0.15, 0.2) is 53.4 Å². The average molecular weight is 420 g/mol.